The molecule has 4 heterocycles. The fourth-order valence-electron chi connectivity index (χ4n) is 3.46. The Morgan fingerprint density at radius 2 is 2.45 bits per heavy atom. The van der Waals surface area contributed by atoms with Crippen LogP contribution in [-0.4, -0.2) is 36.2 Å². The highest BCUT2D eigenvalue weighted by Gasteiger charge is 2.40. The van der Waals surface area contributed by atoms with Gasteiger partial charge in [0.25, 0.3) is 0 Å². The highest BCUT2D eigenvalue weighted by Crippen LogP contribution is 2.36. The minimum absolute atomic E-state index is 0.528. The van der Waals surface area contributed by atoms with Crippen LogP contribution < -0.4 is 5.32 Å². The number of nitrogens with one attached hydrogen (secondary N) is 1. The van der Waals surface area contributed by atoms with Crippen LogP contribution in [-0.2, 0) is 6.54 Å². The molecular formula is C15H19N3OS. The molecule has 1 spiro atoms. The molecule has 0 aromatic carbocycles. The van der Waals surface area contributed by atoms with E-state index in [1.165, 1.54) is 39.0 Å². The Kier molecular flexibility index (Phi) is 3.13. The summed E-state index contributed by atoms with van der Waals surface area (Å²) in [6, 6.07) is 6.20. The molecule has 4 rings (SSSR count). The number of aromatic nitrogens is 1. The van der Waals surface area contributed by atoms with Crippen molar-refractivity contribution in [2.24, 2.45) is 5.41 Å². The molecule has 0 saturated carbocycles. The van der Waals surface area contributed by atoms with Gasteiger partial charge < -0.3 is 9.84 Å². The minimum atomic E-state index is 0.528. The van der Waals surface area contributed by atoms with Crippen molar-refractivity contribution in [2.75, 3.05) is 26.2 Å². The Labute approximate surface area is 122 Å². The summed E-state index contributed by atoms with van der Waals surface area (Å²) >= 11 is 1.69. The lowest BCUT2D eigenvalue weighted by Crippen LogP contribution is -2.29. The standard InChI is InChI=1S/C15H19N3OS/c1-2-14(20-7-1)13-8-12(17-19-13)9-18-6-4-15(11-18)3-5-16-10-15/h1-2,7-8,16H,3-6,9-11H2. The Balaban J connectivity index is 1.43. The summed E-state index contributed by atoms with van der Waals surface area (Å²) in [5, 5.41) is 9.79. The number of nitrogens with zero attached hydrogens (tertiary/aromatic N) is 2. The van der Waals surface area contributed by atoms with E-state index < -0.39 is 0 Å². The quantitative estimate of drug-likeness (QED) is 0.943. The van der Waals surface area contributed by atoms with E-state index in [9.17, 15) is 0 Å². The number of rotatable bonds is 3. The van der Waals surface area contributed by atoms with Crippen LogP contribution in [0.4, 0.5) is 0 Å². The van der Waals surface area contributed by atoms with Crippen LogP contribution in [0.2, 0.25) is 0 Å². The molecule has 0 radical (unpaired) electrons. The first kappa shape index (κ1) is 12.6. The minimum Gasteiger partial charge on any atom is -0.355 e. The maximum absolute atomic E-state index is 5.46. The Morgan fingerprint density at radius 3 is 3.25 bits per heavy atom. The third-order valence-corrected chi connectivity index (χ3v) is 5.44. The molecule has 4 nitrogen and oxygen atoms in total. The van der Waals surface area contributed by atoms with Gasteiger partial charge in [0, 0.05) is 25.7 Å². The smallest absolute Gasteiger partial charge is 0.177 e. The number of likely N-dealkylation sites (tertiary alicyclic amines) is 1. The Bertz CT molecular complexity index is 572. The van der Waals surface area contributed by atoms with Gasteiger partial charge in [0.2, 0.25) is 0 Å². The summed E-state index contributed by atoms with van der Waals surface area (Å²) in [4.78, 5) is 3.67. The molecule has 1 atom stereocenters. The van der Waals surface area contributed by atoms with Crippen molar-refractivity contribution >= 4 is 11.3 Å². The van der Waals surface area contributed by atoms with Gasteiger partial charge in [-0.1, -0.05) is 11.2 Å². The van der Waals surface area contributed by atoms with Gasteiger partial charge in [-0.25, -0.2) is 0 Å². The summed E-state index contributed by atoms with van der Waals surface area (Å²) in [6.07, 6.45) is 2.64. The van der Waals surface area contributed by atoms with Crippen LogP contribution in [0.25, 0.3) is 10.6 Å². The molecule has 1 N–H and O–H groups in total. The molecule has 2 aliphatic heterocycles. The van der Waals surface area contributed by atoms with Crippen LogP contribution in [0.3, 0.4) is 0 Å². The lowest BCUT2D eigenvalue weighted by Gasteiger charge is -2.22. The van der Waals surface area contributed by atoms with Gasteiger partial charge >= 0.3 is 0 Å². The van der Waals surface area contributed by atoms with Crippen molar-refractivity contribution in [1.29, 1.82) is 0 Å². The van der Waals surface area contributed by atoms with Crippen molar-refractivity contribution < 1.29 is 4.52 Å². The fourth-order valence-corrected chi connectivity index (χ4v) is 4.13. The van der Waals surface area contributed by atoms with E-state index in [1.54, 1.807) is 11.3 Å². The van der Waals surface area contributed by atoms with Gasteiger partial charge in [-0.05, 0) is 42.8 Å². The molecule has 106 valence electrons. The maximum Gasteiger partial charge on any atom is 0.177 e. The lowest BCUT2D eigenvalue weighted by atomic mass is 9.87. The van der Waals surface area contributed by atoms with Crippen molar-refractivity contribution in [1.82, 2.24) is 15.4 Å². The molecule has 0 bridgehead atoms. The zero-order valence-corrected chi connectivity index (χ0v) is 12.3. The zero-order chi connectivity index (χ0) is 13.4. The second kappa shape index (κ2) is 4.98. The van der Waals surface area contributed by atoms with Crippen molar-refractivity contribution in [3.8, 4) is 10.6 Å². The van der Waals surface area contributed by atoms with Crippen LogP contribution >= 0.6 is 11.3 Å². The summed E-state index contributed by atoms with van der Waals surface area (Å²) in [5.41, 5.74) is 1.58. The molecule has 0 amide bonds. The molecule has 2 aromatic rings. The predicted molar refractivity (Wildman–Crippen MR) is 79.6 cm³/mol. The second-order valence-corrected chi connectivity index (χ2v) is 6.99. The highest BCUT2D eigenvalue weighted by molar-refractivity contribution is 7.13. The van der Waals surface area contributed by atoms with E-state index >= 15 is 0 Å². The van der Waals surface area contributed by atoms with Crippen LogP contribution in [0.5, 0.6) is 0 Å². The first-order valence-electron chi connectivity index (χ1n) is 7.26. The topological polar surface area (TPSA) is 41.3 Å². The average molecular weight is 289 g/mol. The van der Waals surface area contributed by atoms with E-state index in [2.05, 4.69) is 32.9 Å². The summed E-state index contributed by atoms with van der Waals surface area (Å²) in [6.45, 7) is 5.66. The molecule has 20 heavy (non-hydrogen) atoms. The molecule has 2 aromatic heterocycles. The lowest BCUT2D eigenvalue weighted by molar-refractivity contribution is 0.262. The third-order valence-electron chi connectivity index (χ3n) is 4.56. The summed E-state index contributed by atoms with van der Waals surface area (Å²) in [5.74, 6) is 0.895. The molecular weight excluding hydrogens is 270 g/mol. The fraction of sp³-hybridized carbons (Fsp3) is 0.533. The predicted octanol–water partition coefficient (Wildman–Crippen LogP) is 2.59. The van der Waals surface area contributed by atoms with E-state index in [1.807, 2.05) is 6.07 Å². The van der Waals surface area contributed by atoms with E-state index in [0.29, 0.717) is 5.41 Å². The SMILES string of the molecule is c1csc(-c2cc(CN3CCC4(CCNC4)C3)no2)c1. The van der Waals surface area contributed by atoms with Crippen molar-refractivity contribution in [3.05, 3.63) is 29.3 Å². The van der Waals surface area contributed by atoms with Gasteiger partial charge in [0.15, 0.2) is 5.76 Å². The van der Waals surface area contributed by atoms with Crippen LogP contribution in [0.15, 0.2) is 28.1 Å². The average Bonchev–Trinajstić information content (AvgIpc) is 3.21. The van der Waals surface area contributed by atoms with Crippen molar-refractivity contribution in [2.45, 2.75) is 19.4 Å². The molecule has 1 unspecified atom stereocenters. The van der Waals surface area contributed by atoms with Gasteiger partial charge in [-0.2, -0.15) is 0 Å². The molecule has 0 aliphatic carbocycles. The Hall–Kier alpha value is -1.17. The largest absolute Gasteiger partial charge is 0.355 e. The number of thiophene rings is 1. The monoisotopic (exact) mass is 289 g/mol. The van der Waals surface area contributed by atoms with Gasteiger partial charge in [-0.3, -0.25) is 4.90 Å². The molecule has 2 fully saturated rings. The summed E-state index contributed by atoms with van der Waals surface area (Å²) in [7, 11) is 0. The first-order valence-corrected chi connectivity index (χ1v) is 8.14. The molecule has 2 saturated heterocycles. The zero-order valence-electron chi connectivity index (χ0n) is 11.5. The van der Waals surface area contributed by atoms with E-state index in [-0.39, 0.29) is 0 Å². The summed E-state index contributed by atoms with van der Waals surface area (Å²) < 4.78 is 5.46. The second-order valence-electron chi connectivity index (χ2n) is 6.05. The van der Waals surface area contributed by atoms with Gasteiger partial charge in [-0.15, -0.1) is 11.3 Å². The Morgan fingerprint density at radius 1 is 1.45 bits per heavy atom. The number of hydrogen-bond acceptors (Lipinski definition) is 5. The van der Waals surface area contributed by atoms with Crippen LogP contribution in [0.1, 0.15) is 18.5 Å². The number of hydrogen-bond donors (Lipinski definition) is 1. The first-order chi connectivity index (χ1) is 9.83. The van der Waals surface area contributed by atoms with Crippen LogP contribution in [0, 0.1) is 5.41 Å². The van der Waals surface area contributed by atoms with Gasteiger partial charge in [0.1, 0.15) is 0 Å². The van der Waals surface area contributed by atoms with Gasteiger partial charge in [0.05, 0.1) is 10.6 Å². The van der Waals surface area contributed by atoms with Crippen molar-refractivity contribution in [3.63, 3.8) is 0 Å². The molecule has 2 aliphatic rings. The normalized spacial score (nSPS) is 26.8. The van der Waals surface area contributed by atoms with E-state index in [0.717, 1.165) is 22.9 Å². The highest BCUT2D eigenvalue weighted by atomic mass is 32.1. The third kappa shape index (κ3) is 2.30. The molecule has 5 heteroatoms. The van der Waals surface area contributed by atoms with E-state index in [4.69, 9.17) is 4.52 Å². The maximum atomic E-state index is 5.46.